The van der Waals surface area contributed by atoms with Crippen molar-refractivity contribution in [1.29, 1.82) is 0 Å². The molecule has 1 aromatic heterocycles. The van der Waals surface area contributed by atoms with Gasteiger partial charge in [0.05, 0.1) is 0 Å². The third-order valence-corrected chi connectivity index (χ3v) is 5.25. The minimum absolute atomic E-state index is 0.145. The minimum Gasteiger partial charge on any atom is -0.507 e. The zero-order valence-electron chi connectivity index (χ0n) is 17.0. The summed E-state index contributed by atoms with van der Waals surface area (Å²) in [6, 6.07) is 4.18. The molecule has 26 heavy (non-hydrogen) atoms. The number of phenols is 1. The van der Waals surface area contributed by atoms with E-state index in [1.54, 1.807) is 0 Å². The highest BCUT2D eigenvalue weighted by Crippen LogP contribution is 2.40. The first-order chi connectivity index (χ1) is 12.0. The lowest BCUT2D eigenvalue weighted by atomic mass is 9.78. The van der Waals surface area contributed by atoms with E-state index in [0.717, 1.165) is 32.8 Å². The van der Waals surface area contributed by atoms with Crippen molar-refractivity contribution in [1.82, 2.24) is 15.0 Å². The molecule has 1 heterocycles. The number of aromatic hydroxyl groups is 1. The second kappa shape index (κ2) is 7.77. The summed E-state index contributed by atoms with van der Waals surface area (Å²) in [7, 11) is 0. The van der Waals surface area contributed by atoms with Crippen LogP contribution in [0.3, 0.4) is 0 Å². The average molecular weight is 392 g/mol. The maximum Gasteiger partial charge on any atom is 0.191 e. The monoisotopic (exact) mass is 391 g/mol. The van der Waals surface area contributed by atoms with Crippen LogP contribution in [0.2, 0.25) is 0 Å². The molecule has 0 bridgehead atoms. The van der Waals surface area contributed by atoms with Crippen LogP contribution in [0.5, 0.6) is 5.75 Å². The van der Waals surface area contributed by atoms with Gasteiger partial charge in [0.25, 0.3) is 0 Å². The van der Waals surface area contributed by atoms with Crippen molar-refractivity contribution >= 4 is 23.5 Å². The number of nitrogens with zero attached hydrogens (tertiary/aromatic N) is 3. The molecular weight excluding hydrogens is 362 g/mol. The molecule has 0 unspecified atom stereocenters. The first kappa shape index (κ1) is 21.0. The van der Waals surface area contributed by atoms with Crippen LogP contribution in [0.25, 0.3) is 0 Å². The normalized spacial score (nSPS) is 12.5. The molecule has 2 aromatic rings. The van der Waals surface area contributed by atoms with Crippen molar-refractivity contribution in [3.8, 4) is 5.75 Å². The van der Waals surface area contributed by atoms with Crippen molar-refractivity contribution in [3.63, 3.8) is 0 Å². The van der Waals surface area contributed by atoms with E-state index in [1.165, 1.54) is 23.5 Å². The number of thioether (sulfide) groups is 2. The van der Waals surface area contributed by atoms with Crippen molar-refractivity contribution in [2.45, 2.75) is 69.1 Å². The topological polar surface area (TPSA) is 58.9 Å². The van der Waals surface area contributed by atoms with E-state index in [2.05, 4.69) is 68.6 Å². The highest BCUT2D eigenvalue weighted by molar-refractivity contribution is 7.99. The van der Waals surface area contributed by atoms with Crippen molar-refractivity contribution < 1.29 is 5.11 Å². The maximum atomic E-state index is 10.9. The third kappa shape index (κ3) is 4.92. The van der Waals surface area contributed by atoms with Crippen LogP contribution >= 0.6 is 23.5 Å². The zero-order chi connectivity index (χ0) is 19.7. The summed E-state index contributed by atoms with van der Waals surface area (Å²) in [5.74, 6) is 1.16. The maximum absolute atomic E-state index is 10.9. The second-order valence-electron chi connectivity index (χ2n) is 8.44. The van der Waals surface area contributed by atoms with Gasteiger partial charge < -0.3 is 5.11 Å². The Morgan fingerprint density at radius 2 is 1.23 bits per heavy atom. The fourth-order valence-corrected chi connectivity index (χ4v) is 3.57. The zero-order valence-corrected chi connectivity index (χ0v) is 18.6. The fraction of sp³-hybridized carbons (Fsp3) is 0.550. The molecule has 0 aliphatic heterocycles. The standard InChI is InChI=1S/C20H29N3OS2/c1-19(2,3)13-9-12(10-14(16(13)24)20(4,5)6)11-15-21-17(25-7)23-18(22-15)26-8/h9-10,24H,11H2,1-8H3. The summed E-state index contributed by atoms with van der Waals surface area (Å²) >= 11 is 3.05. The quantitative estimate of drug-likeness (QED) is 0.722. The lowest BCUT2D eigenvalue weighted by Gasteiger charge is -2.28. The molecular formula is C20H29N3OS2. The number of aromatic nitrogens is 3. The van der Waals surface area contributed by atoms with Crippen LogP contribution in [-0.2, 0) is 17.3 Å². The Morgan fingerprint density at radius 3 is 1.58 bits per heavy atom. The second-order valence-corrected chi connectivity index (χ2v) is 9.99. The van der Waals surface area contributed by atoms with Crippen LogP contribution in [0, 0.1) is 0 Å². The van der Waals surface area contributed by atoms with Gasteiger partial charge in [-0.2, -0.15) is 4.98 Å². The van der Waals surface area contributed by atoms with Crippen LogP contribution in [-0.4, -0.2) is 32.6 Å². The summed E-state index contributed by atoms with van der Waals surface area (Å²) in [5, 5.41) is 12.3. The van der Waals surface area contributed by atoms with Crippen molar-refractivity contribution in [2.75, 3.05) is 12.5 Å². The van der Waals surface area contributed by atoms with Gasteiger partial charge in [0.1, 0.15) is 11.6 Å². The molecule has 1 aromatic carbocycles. The van der Waals surface area contributed by atoms with E-state index in [1.807, 2.05) is 12.5 Å². The molecule has 6 heteroatoms. The molecule has 1 N–H and O–H groups in total. The Kier molecular flexibility index (Phi) is 6.28. The minimum atomic E-state index is -0.145. The van der Waals surface area contributed by atoms with Crippen LogP contribution in [0.4, 0.5) is 0 Å². The van der Waals surface area contributed by atoms with Gasteiger partial charge in [-0.15, -0.1) is 0 Å². The van der Waals surface area contributed by atoms with Gasteiger partial charge in [-0.05, 0) is 40.0 Å². The van der Waals surface area contributed by atoms with Gasteiger partial charge in [-0.25, -0.2) is 9.97 Å². The van der Waals surface area contributed by atoms with Crippen molar-refractivity contribution in [3.05, 3.63) is 34.6 Å². The smallest absolute Gasteiger partial charge is 0.191 e. The summed E-state index contributed by atoms with van der Waals surface area (Å²) < 4.78 is 0. The number of benzene rings is 1. The van der Waals surface area contributed by atoms with E-state index in [-0.39, 0.29) is 10.8 Å². The molecule has 4 nitrogen and oxygen atoms in total. The van der Waals surface area contributed by atoms with Crippen LogP contribution < -0.4 is 0 Å². The molecule has 0 spiro atoms. The Hall–Kier alpha value is -1.27. The highest BCUT2D eigenvalue weighted by atomic mass is 32.2. The van der Waals surface area contributed by atoms with E-state index in [4.69, 9.17) is 0 Å². The Morgan fingerprint density at radius 1 is 0.808 bits per heavy atom. The summed E-state index contributed by atoms with van der Waals surface area (Å²) in [6.07, 6.45) is 4.56. The number of hydrogen-bond donors (Lipinski definition) is 1. The Balaban J connectivity index is 2.57. The molecule has 0 amide bonds. The molecule has 2 rings (SSSR count). The summed E-state index contributed by atoms with van der Waals surface area (Å²) in [4.78, 5) is 13.5. The molecule has 0 radical (unpaired) electrons. The summed E-state index contributed by atoms with van der Waals surface area (Å²) in [6.45, 7) is 12.7. The van der Waals surface area contributed by atoms with E-state index in [9.17, 15) is 5.11 Å². The molecule has 0 aliphatic carbocycles. The third-order valence-electron chi connectivity index (χ3n) is 4.15. The van der Waals surface area contributed by atoms with Crippen molar-refractivity contribution in [2.24, 2.45) is 0 Å². The average Bonchev–Trinajstić information content (AvgIpc) is 2.53. The number of hydrogen-bond acceptors (Lipinski definition) is 6. The number of phenolic OH excluding ortho intramolecular Hbond substituents is 1. The molecule has 0 saturated carbocycles. The first-order valence-corrected chi connectivity index (χ1v) is 11.1. The largest absolute Gasteiger partial charge is 0.507 e. The van der Waals surface area contributed by atoms with Crippen LogP contribution in [0.15, 0.2) is 22.4 Å². The molecule has 0 saturated heterocycles. The van der Waals surface area contributed by atoms with E-state index >= 15 is 0 Å². The molecule has 0 atom stereocenters. The Labute approximate surface area is 165 Å². The van der Waals surface area contributed by atoms with Gasteiger partial charge in [0.2, 0.25) is 0 Å². The SMILES string of the molecule is CSc1nc(Cc2cc(C(C)(C)C)c(O)c(C(C)(C)C)c2)nc(SC)n1. The predicted octanol–water partition coefficient (Wildman–Crippen LogP) is 5.21. The van der Waals surface area contributed by atoms with Gasteiger partial charge in [0, 0.05) is 6.42 Å². The van der Waals surface area contributed by atoms with Crippen LogP contribution in [0.1, 0.15) is 64.1 Å². The lowest BCUT2D eigenvalue weighted by Crippen LogP contribution is -2.18. The molecule has 142 valence electrons. The van der Waals surface area contributed by atoms with Gasteiger partial charge >= 0.3 is 0 Å². The summed E-state index contributed by atoms with van der Waals surface area (Å²) in [5.41, 5.74) is 2.75. The number of rotatable bonds is 4. The fourth-order valence-electron chi connectivity index (χ4n) is 2.76. The predicted molar refractivity (Wildman–Crippen MR) is 112 cm³/mol. The van der Waals surface area contributed by atoms with Gasteiger partial charge in [-0.1, -0.05) is 77.2 Å². The Bertz CT molecular complexity index is 735. The van der Waals surface area contributed by atoms with Gasteiger partial charge in [0.15, 0.2) is 10.3 Å². The molecule has 0 aliphatic rings. The first-order valence-electron chi connectivity index (χ1n) is 8.65. The molecule has 0 fully saturated rings. The van der Waals surface area contributed by atoms with E-state index < -0.39 is 0 Å². The van der Waals surface area contributed by atoms with Gasteiger partial charge in [-0.3, -0.25) is 0 Å². The highest BCUT2D eigenvalue weighted by Gasteiger charge is 2.26. The lowest BCUT2D eigenvalue weighted by molar-refractivity contribution is 0.422. The van der Waals surface area contributed by atoms with E-state index in [0.29, 0.717) is 12.2 Å².